The van der Waals surface area contributed by atoms with E-state index in [1.54, 1.807) is 30.3 Å². The van der Waals surface area contributed by atoms with Gasteiger partial charge in [0.1, 0.15) is 17.1 Å². The number of aliphatic carboxylic acids is 1. The molecule has 1 saturated heterocycles. The van der Waals surface area contributed by atoms with Gasteiger partial charge in [0.15, 0.2) is 11.7 Å². The number of benzene rings is 2. The first kappa shape index (κ1) is 22.3. The summed E-state index contributed by atoms with van der Waals surface area (Å²) in [5.74, 6) is -1.57. The topological polar surface area (TPSA) is 105 Å². The molecule has 1 aliphatic rings. The molecule has 0 atom stereocenters. The van der Waals surface area contributed by atoms with Crippen LogP contribution >= 0.6 is 23.8 Å². The maximum absolute atomic E-state index is 13.0. The summed E-state index contributed by atoms with van der Waals surface area (Å²) in [6.45, 7) is 1.82. The molecule has 0 radical (unpaired) electrons. The molecule has 0 aromatic heterocycles. The van der Waals surface area contributed by atoms with Crippen LogP contribution in [0.15, 0.2) is 48.0 Å². The van der Waals surface area contributed by atoms with Crippen LogP contribution in [0.3, 0.4) is 0 Å². The first-order valence-electron chi connectivity index (χ1n) is 9.08. The number of hydrogen-bond donors (Lipinski definition) is 2. The van der Waals surface area contributed by atoms with Crippen LogP contribution in [-0.4, -0.2) is 41.2 Å². The lowest BCUT2D eigenvalue weighted by Gasteiger charge is -2.29. The molecule has 10 heteroatoms. The maximum Gasteiger partial charge on any atom is 0.341 e. The third kappa shape index (κ3) is 5.19. The third-order valence-electron chi connectivity index (χ3n) is 4.13. The minimum absolute atomic E-state index is 0.0354. The number of halogens is 1. The Balaban J connectivity index is 1.88. The standard InChI is InChI=1S/C21H17ClN2O6S/c1-2-29-14-6-4-13(5-7-14)24-20(28)15(19(27)23-21(24)31)9-12-3-8-17(16(22)10-12)30-11-18(25)26/h3-10H,2,11H2,1H3,(H,25,26)(H,23,27,31)/b15-9+. The van der Waals surface area contributed by atoms with E-state index in [1.807, 2.05) is 6.92 Å². The number of rotatable bonds is 7. The SMILES string of the molecule is CCOc1ccc(N2C(=O)/C(=C/c3ccc(OCC(=O)O)c(Cl)c3)C(=O)NC2=S)cc1. The fourth-order valence-corrected chi connectivity index (χ4v) is 3.30. The highest BCUT2D eigenvalue weighted by Crippen LogP contribution is 2.28. The summed E-state index contributed by atoms with van der Waals surface area (Å²) in [4.78, 5) is 37.3. The van der Waals surface area contributed by atoms with Crippen molar-refractivity contribution in [1.29, 1.82) is 0 Å². The van der Waals surface area contributed by atoms with Gasteiger partial charge in [0.25, 0.3) is 11.8 Å². The van der Waals surface area contributed by atoms with Crippen molar-refractivity contribution in [1.82, 2.24) is 5.32 Å². The molecule has 2 aromatic rings. The van der Waals surface area contributed by atoms with Crippen LogP contribution in [0.1, 0.15) is 12.5 Å². The Kier molecular flexibility index (Phi) is 6.88. The number of carbonyl (C=O) groups is 3. The molecule has 2 N–H and O–H groups in total. The molecule has 1 fully saturated rings. The van der Waals surface area contributed by atoms with Crippen LogP contribution < -0.4 is 19.7 Å². The predicted octanol–water partition coefficient (Wildman–Crippen LogP) is 3.03. The molecule has 160 valence electrons. The highest BCUT2D eigenvalue weighted by atomic mass is 35.5. The molecule has 8 nitrogen and oxygen atoms in total. The Morgan fingerprint density at radius 2 is 1.90 bits per heavy atom. The van der Waals surface area contributed by atoms with E-state index in [0.29, 0.717) is 23.6 Å². The van der Waals surface area contributed by atoms with Crippen LogP contribution in [-0.2, 0) is 14.4 Å². The fraction of sp³-hybridized carbons (Fsp3) is 0.143. The van der Waals surface area contributed by atoms with Crippen molar-refractivity contribution < 1.29 is 29.0 Å². The zero-order valence-corrected chi connectivity index (χ0v) is 17.8. The van der Waals surface area contributed by atoms with Gasteiger partial charge in [-0.2, -0.15) is 0 Å². The average molecular weight is 461 g/mol. The number of nitrogens with one attached hydrogen (secondary N) is 1. The average Bonchev–Trinajstić information content (AvgIpc) is 2.71. The molecule has 0 bridgehead atoms. The first-order valence-corrected chi connectivity index (χ1v) is 9.87. The molecule has 0 saturated carbocycles. The number of thiocarbonyl (C=S) groups is 1. The van der Waals surface area contributed by atoms with Crippen molar-refractivity contribution in [3.63, 3.8) is 0 Å². The Bertz CT molecular complexity index is 1080. The molecular formula is C21H17ClN2O6S. The number of carboxylic acids is 1. The van der Waals surface area contributed by atoms with E-state index in [0.717, 1.165) is 0 Å². The van der Waals surface area contributed by atoms with Gasteiger partial charge >= 0.3 is 5.97 Å². The van der Waals surface area contributed by atoms with Gasteiger partial charge < -0.3 is 14.6 Å². The van der Waals surface area contributed by atoms with Crippen molar-refractivity contribution in [3.05, 3.63) is 58.6 Å². The summed E-state index contributed by atoms with van der Waals surface area (Å²) < 4.78 is 10.5. The van der Waals surface area contributed by atoms with E-state index in [9.17, 15) is 14.4 Å². The Hall–Kier alpha value is -3.43. The minimum Gasteiger partial charge on any atom is -0.494 e. The van der Waals surface area contributed by atoms with Crippen LogP contribution in [0.4, 0.5) is 5.69 Å². The number of ether oxygens (including phenoxy) is 2. The zero-order chi connectivity index (χ0) is 22.5. The van der Waals surface area contributed by atoms with E-state index >= 15 is 0 Å². The molecule has 0 spiro atoms. The summed E-state index contributed by atoms with van der Waals surface area (Å²) in [5, 5.41) is 11.3. The molecule has 2 aromatic carbocycles. The van der Waals surface area contributed by atoms with Crippen LogP contribution in [0.25, 0.3) is 6.08 Å². The quantitative estimate of drug-likeness (QED) is 0.371. The summed E-state index contributed by atoms with van der Waals surface area (Å²) in [6.07, 6.45) is 1.37. The third-order valence-corrected chi connectivity index (χ3v) is 4.71. The zero-order valence-electron chi connectivity index (χ0n) is 16.3. The van der Waals surface area contributed by atoms with Gasteiger partial charge in [-0.15, -0.1) is 0 Å². The normalized spacial score (nSPS) is 15.1. The van der Waals surface area contributed by atoms with Gasteiger partial charge in [-0.05, 0) is 67.2 Å². The number of anilines is 1. The number of amides is 2. The molecule has 2 amide bonds. The molecule has 1 heterocycles. The van der Waals surface area contributed by atoms with Crippen molar-refractivity contribution in [2.24, 2.45) is 0 Å². The number of nitrogens with zero attached hydrogens (tertiary/aromatic N) is 1. The number of hydrogen-bond acceptors (Lipinski definition) is 6. The van der Waals surface area contributed by atoms with Crippen molar-refractivity contribution in [2.45, 2.75) is 6.92 Å². The van der Waals surface area contributed by atoms with Gasteiger partial charge in [0.05, 0.1) is 17.3 Å². The van der Waals surface area contributed by atoms with Gasteiger partial charge in [-0.25, -0.2) is 4.79 Å². The molecule has 0 aliphatic carbocycles. The second-order valence-electron chi connectivity index (χ2n) is 6.26. The summed E-state index contributed by atoms with van der Waals surface area (Å²) in [5.41, 5.74) is 0.781. The molecular weight excluding hydrogens is 444 g/mol. The number of carboxylic acid groups (broad SMARTS) is 1. The minimum atomic E-state index is -1.14. The smallest absolute Gasteiger partial charge is 0.341 e. The van der Waals surface area contributed by atoms with Crippen molar-refractivity contribution in [3.8, 4) is 11.5 Å². The van der Waals surface area contributed by atoms with E-state index in [1.165, 1.54) is 23.1 Å². The summed E-state index contributed by atoms with van der Waals surface area (Å²) in [7, 11) is 0. The van der Waals surface area contributed by atoms with Gasteiger partial charge in [-0.1, -0.05) is 17.7 Å². The van der Waals surface area contributed by atoms with Gasteiger partial charge in [0, 0.05) is 0 Å². The summed E-state index contributed by atoms with van der Waals surface area (Å²) in [6, 6.07) is 11.2. The Morgan fingerprint density at radius 3 is 2.52 bits per heavy atom. The first-order chi connectivity index (χ1) is 14.8. The largest absolute Gasteiger partial charge is 0.494 e. The lowest BCUT2D eigenvalue weighted by molar-refractivity contribution is -0.139. The highest BCUT2D eigenvalue weighted by molar-refractivity contribution is 7.80. The van der Waals surface area contributed by atoms with Crippen molar-refractivity contribution >= 4 is 58.5 Å². The molecule has 31 heavy (non-hydrogen) atoms. The highest BCUT2D eigenvalue weighted by Gasteiger charge is 2.34. The fourth-order valence-electron chi connectivity index (χ4n) is 2.78. The lowest BCUT2D eigenvalue weighted by atomic mass is 10.1. The maximum atomic E-state index is 13.0. The molecule has 0 unspecified atom stereocenters. The predicted molar refractivity (Wildman–Crippen MR) is 118 cm³/mol. The van der Waals surface area contributed by atoms with E-state index in [2.05, 4.69) is 5.32 Å². The molecule has 3 rings (SSSR count). The van der Waals surface area contributed by atoms with Crippen LogP contribution in [0, 0.1) is 0 Å². The van der Waals surface area contributed by atoms with Gasteiger partial charge in [-0.3, -0.25) is 19.8 Å². The van der Waals surface area contributed by atoms with Gasteiger partial charge in [0.2, 0.25) is 0 Å². The monoisotopic (exact) mass is 460 g/mol. The van der Waals surface area contributed by atoms with Crippen molar-refractivity contribution in [2.75, 3.05) is 18.1 Å². The Labute approximate surface area is 188 Å². The van der Waals surface area contributed by atoms with E-state index < -0.39 is 24.4 Å². The number of carbonyl (C=O) groups excluding carboxylic acids is 2. The van der Waals surface area contributed by atoms with Crippen LogP contribution in [0.5, 0.6) is 11.5 Å². The molecule has 1 aliphatic heterocycles. The van der Waals surface area contributed by atoms with E-state index in [-0.39, 0.29) is 21.5 Å². The summed E-state index contributed by atoms with van der Waals surface area (Å²) >= 11 is 11.3. The van der Waals surface area contributed by atoms with E-state index in [4.69, 9.17) is 38.4 Å². The second-order valence-corrected chi connectivity index (χ2v) is 7.05. The second kappa shape index (κ2) is 9.59. The lowest BCUT2D eigenvalue weighted by Crippen LogP contribution is -2.54. The van der Waals surface area contributed by atoms with Crippen LogP contribution in [0.2, 0.25) is 5.02 Å². The Morgan fingerprint density at radius 1 is 1.19 bits per heavy atom.